The summed E-state index contributed by atoms with van der Waals surface area (Å²) < 4.78 is 5.16. The van der Waals surface area contributed by atoms with E-state index in [0.29, 0.717) is 19.6 Å². The summed E-state index contributed by atoms with van der Waals surface area (Å²) in [5.74, 6) is -0.148. The fourth-order valence-corrected chi connectivity index (χ4v) is 3.54. The number of nitrogens with two attached hydrogens (primary N) is 1. The summed E-state index contributed by atoms with van der Waals surface area (Å²) in [4.78, 5) is 13.2. The highest BCUT2D eigenvalue weighted by Gasteiger charge is 2.04. The normalized spacial score (nSPS) is 11.2. The van der Waals surface area contributed by atoms with Crippen molar-refractivity contribution >= 4 is 11.9 Å². The molecule has 0 bridgehead atoms. The smallest absolute Gasteiger partial charge is 0.305 e. The van der Waals surface area contributed by atoms with Crippen LogP contribution >= 0.6 is 0 Å². The average Bonchev–Trinajstić information content (AvgIpc) is 2.75. The van der Waals surface area contributed by atoms with Crippen LogP contribution in [0.25, 0.3) is 0 Å². The molecule has 182 valence electrons. The lowest BCUT2D eigenvalue weighted by Gasteiger charge is -2.16. The lowest BCUT2D eigenvalue weighted by Crippen LogP contribution is -2.35. The van der Waals surface area contributed by atoms with Crippen molar-refractivity contribution in [3.05, 3.63) is 12.2 Å². The standard InChI is InChI=1S/C26H51N3O2/c1-3-4-5-6-7-8-9-10-11-12-13-14-15-16-17-18-19-20-21-22-25(30)31-24-23-29(2)26(27)28/h10-11H,3-9,12-24H2,1-2H3,(H3,27,28)/b11-10+. The number of hydrogen-bond donors (Lipinski definition) is 2. The van der Waals surface area contributed by atoms with Gasteiger partial charge in [0, 0.05) is 13.5 Å². The minimum atomic E-state index is -0.141. The van der Waals surface area contributed by atoms with E-state index in [1.54, 1.807) is 11.9 Å². The molecule has 31 heavy (non-hydrogen) atoms. The highest BCUT2D eigenvalue weighted by Crippen LogP contribution is 2.12. The van der Waals surface area contributed by atoms with Gasteiger partial charge < -0.3 is 15.4 Å². The van der Waals surface area contributed by atoms with Gasteiger partial charge in [-0.25, -0.2) is 0 Å². The summed E-state index contributed by atoms with van der Waals surface area (Å²) in [6.45, 7) is 3.04. The Labute approximate surface area is 192 Å². The minimum Gasteiger partial charge on any atom is -0.464 e. The lowest BCUT2D eigenvalue weighted by atomic mass is 10.1. The number of carbonyl (C=O) groups is 1. The van der Waals surface area contributed by atoms with Crippen LogP contribution in [-0.4, -0.2) is 37.0 Å². The molecule has 0 heterocycles. The molecule has 5 heteroatoms. The molecule has 3 N–H and O–H groups in total. The van der Waals surface area contributed by atoms with Crippen molar-refractivity contribution in [1.29, 1.82) is 5.41 Å². The average molecular weight is 438 g/mol. The number of likely N-dealkylation sites (N-methyl/N-ethyl adjacent to an activating group) is 1. The Morgan fingerprint density at radius 3 is 1.74 bits per heavy atom. The van der Waals surface area contributed by atoms with E-state index in [-0.39, 0.29) is 11.9 Å². The first-order chi connectivity index (χ1) is 15.1. The van der Waals surface area contributed by atoms with Crippen LogP contribution in [-0.2, 0) is 9.53 Å². The van der Waals surface area contributed by atoms with Gasteiger partial charge in [0.1, 0.15) is 6.61 Å². The quantitative estimate of drug-likeness (QED) is 0.0631. The summed E-state index contributed by atoms with van der Waals surface area (Å²) in [5, 5.41) is 7.24. The number of guanidine groups is 1. The largest absolute Gasteiger partial charge is 0.464 e. The molecule has 0 fully saturated rings. The van der Waals surface area contributed by atoms with Gasteiger partial charge in [0.15, 0.2) is 5.96 Å². The SMILES string of the molecule is CCCCCCCC/C=C/CCCCCCCCCCCC(=O)OCCN(C)C(=N)N. The molecule has 0 spiro atoms. The second-order valence-corrected chi connectivity index (χ2v) is 8.78. The molecule has 0 unspecified atom stereocenters. The van der Waals surface area contributed by atoms with Crippen molar-refractivity contribution in [1.82, 2.24) is 4.90 Å². The van der Waals surface area contributed by atoms with Crippen molar-refractivity contribution in [2.45, 2.75) is 122 Å². The molecule has 0 aliphatic carbocycles. The summed E-state index contributed by atoms with van der Waals surface area (Å²) in [7, 11) is 1.71. The molecular formula is C26H51N3O2. The number of ether oxygens (including phenoxy) is 1. The van der Waals surface area contributed by atoms with Gasteiger partial charge in [0.2, 0.25) is 0 Å². The first-order valence-electron chi connectivity index (χ1n) is 12.9. The van der Waals surface area contributed by atoms with Crippen LogP contribution in [0.4, 0.5) is 0 Å². The van der Waals surface area contributed by atoms with E-state index in [9.17, 15) is 4.79 Å². The second kappa shape index (κ2) is 23.1. The molecule has 0 aliphatic heterocycles. The molecular weight excluding hydrogens is 386 g/mol. The number of unbranched alkanes of at least 4 members (excludes halogenated alkanes) is 15. The molecule has 0 atom stereocenters. The van der Waals surface area contributed by atoms with Crippen LogP contribution in [0, 0.1) is 5.41 Å². The highest BCUT2D eigenvalue weighted by molar-refractivity contribution is 5.74. The number of esters is 1. The summed E-state index contributed by atoms with van der Waals surface area (Å²) in [6, 6.07) is 0. The van der Waals surface area contributed by atoms with Gasteiger partial charge in [-0.2, -0.15) is 0 Å². The van der Waals surface area contributed by atoms with Crippen LogP contribution in [0.1, 0.15) is 122 Å². The zero-order valence-electron chi connectivity index (χ0n) is 20.6. The molecule has 0 amide bonds. The van der Waals surface area contributed by atoms with Crippen molar-refractivity contribution in [2.24, 2.45) is 5.73 Å². The van der Waals surface area contributed by atoms with Crippen molar-refractivity contribution in [2.75, 3.05) is 20.2 Å². The first-order valence-corrected chi connectivity index (χ1v) is 12.9. The first kappa shape index (κ1) is 29.5. The highest BCUT2D eigenvalue weighted by atomic mass is 16.5. The number of nitrogens with zero attached hydrogens (tertiary/aromatic N) is 1. The van der Waals surface area contributed by atoms with Crippen LogP contribution < -0.4 is 5.73 Å². The van der Waals surface area contributed by atoms with Crippen molar-refractivity contribution in [3.8, 4) is 0 Å². The van der Waals surface area contributed by atoms with Gasteiger partial charge in [-0.1, -0.05) is 96.1 Å². The molecule has 0 aromatic heterocycles. The van der Waals surface area contributed by atoms with E-state index in [1.165, 1.54) is 96.3 Å². The van der Waals surface area contributed by atoms with Gasteiger partial charge in [0.05, 0.1) is 6.54 Å². The third-order valence-corrected chi connectivity index (χ3v) is 5.74. The third-order valence-electron chi connectivity index (χ3n) is 5.74. The van der Waals surface area contributed by atoms with E-state index in [0.717, 1.165) is 12.8 Å². The molecule has 0 rings (SSSR count). The van der Waals surface area contributed by atoms with Crippen LogP contribution in [0.15, 0.2) is 12.2 Å². The summed E-state index contributed by atoms with van der Waals surface area (Å²) in [5.41, 5.74) is 5.33. The molecule has 5 nitrogen and oxygen atoms in total. The molecule has 0 aromatic rings. The molecule has 0 saturated carbocycles. The maximum atomic E-state index is 11.6. The lowest BCUT2D eigenvalue weighted by molar-refractivity contribution is -0.143. The van der Waals surface area contributed by atoms with E-state index in [4.69, 9.17) is 15.9 Å². The van der Waals surface area contributed by atoms with Gasteiger partial charge >= 0.3 is 5.97 Å². The predicted octanol–water partition coefficient (Wildman–Crippen LogP) is 6.95. The van der Waals surface area contributed by atoms with Crippen LogP contribution in [0.2, 0.25) is 0 Å². The second-order valence-electron chi connectivity index (χ2n) is 8.78. The molecule has 0 aromatic carbocycles. The Balaban J connectivity index is 3.23. The van der Waals surface area contributed by atoms with Gasteiger partial charge in [-0.15, -0.1) is 0 Å². The van der Waals surface area contributed by atoms with Gasteiger partial charge in [-0.3, -0.25) is 10.2 Å². The summed E-state index contributed by atoms with van der Waals surface area (Å²) >= 11 is 0. The van der Waals surface area contributed by atoms with E-state index in [2.05, 4.69) is 19.1 Å². The van der Waals surface area contributed by atoms with E-state index < -0.39 is 0 Å². The van der Waals surface area contributed by atoms with Crippen LogP contribution in [0.3, 0.4) is 0 Å². The Kier molecular flexibility index (Phi) is 22.0. The Hall–Kier alpha value is -1.52. The molecule has 0 aliphatic rings. The Morgan fingerprint density at radius 1 is 0.806 bits per heavy atom. The zero-order valence-corrected chi connectivity index (χ0v) is 20.6. The number of allylic oxidation sites excluding steroid dienone is 2. The predicted molar refractivity (Wildman–Crippen MR) is 133 cm³/mol. The van der Waals surface area contributed by atoms with Crippen molar-refractivity contribution < 1.29 is 9.53 Å². The maximum Gasteiger partial charge on any atom is 0.305 e. The van der Waals surface area contributed by atoms with Crippen LogP contribution in [0.5, 0.6) is 0 Å². The maximum absolute atomic E-state index is 11.6. The number of carbonyl (C=O) groups excluding carboxylic acids is 1. The third kappa shape index (κ3) is 23.0. The van der Waals surface area contributed by atoms with E-state index in [1.807, 2.05) is 0 Å². The Bertz CT molecular complexity index is 452. The zero-order chi connectivity index (χ0) is 23.0. The monoisotopic (exact) mass is 437 g/mol. The molecule has 0 saturated heterocycles. The Morgan fingerprint density at radius 2 is 1.26 bits per heavy atom. The fourth-order valence-electron chi connectivity index (χ4n) is 3.54. The number of rotatable bonds is 22. The molecule has 0 radical (unpaired) electrons. The van der Waals surface area contributed by atoms with Crippen molar-refractivity contribution in [3.63, 3.8) is 0 Å². The summed E-state index contributed by atoms with van der Waals surface area (Å²) in [6.07, 6.45) is 27.3. The minimum absolute atomic E-state index is 0.00770. The fraction of sp³-hybridized carbons (Fsp3) is 0.846. The van der Waals surface area contributed by atoms with Gasteiger partial charge in [-0.05, 0) is 32.1 Å². The van der Waals surface area contributed by atoms with Gasteiger partial charge in [0.25, 0.3) is 0 Å². The topological polar surface area (TPSA) is 79.4 Å². The number of hydrogen-bond acceptors (Lipinski definition) is 3. The van der Waals surface area contributed by atoms with E-state index >= 15 is 0 Å². The number of nitrogens with one attached hydrogen (secondary N) is 1.